The number of aryl methyl sites for hydroxylation is 1. The zero-order valence-corrected chi connectivity index (χ0v) is 13.5. The van der Waals surface area contributed by atoms with Crippen LogP contribution in [-0.2, 0) is 9.53 Å². The second kappa shape index (κ2) is 6.54. The van der Waals surface area contributed by atoms with Crippen LogP contribution < -0.4 is 0 Å². The summed E-state index contributed by atoms with van der Waals surface area (Å²) in [6.07, 6.45) is 2.13. The molecule has 1 heterocycles. The second-order valence-electron chi connectivity index (χ2n) is 5.60. The van der Waals surface area contributed by atoms with E-state index in [9.17, 15) is 9.59 Å². The monoisotopic (exact) mass is 332 g/mol. The summed E-state index contributed by atoms with van der Waals surface area (Å²) >= 11 is 6.33. The number of benzene rings is 1. The number of ketones is 1. The molecule has 0 aliphatic heterocycles. The van der Waals surface area contributed by atoms with E-state index in [0.717, 1.165) is 18.5 Å². The lowest BCUT2D eigenvalue weighted by atomic mass is 9.96. The van der Waals surface area contributed by atoms with Gasteiger partial charge in [-0.1, -0.05) is 29.8 Å². The highest BCUT2D eigenvalue weighted by atomic mass is 35.5. The predicted molar refractivity (Wildman–Crippen MR) is 86.0 cm³/mol. The first-order valence-electron chi connectivity index (χ1n) is 7.62. The van der Waals surface area contributed by atoms with E-state index >= 15 is 0 Å². The standard InChI is InChI=1S/C17H17ClN2O3/c1-11-15(17(22)23-14-10-6-5-9-13(14)21)16(18)20(19-11)12-7-3-2-4-8-12/h2-4,7-8,14H,5-6,9-10H2,1H3/t14-/m0/s1. The highest BCUT2D eigenvalue weighted by molar-refractivity contribution is 6.33. The molecule has 1 aliphatic rings. The number of carbonyl (C=O) groups excluding carboxylic acids is 2. The molecule has 6 heteroatoms. The first kappa shape index (κ1) is 15.7. The molecule has 5 nitrogen and oxygen atoms in total. The highest BCUT2D eigenvalue weighted by Gasteiger charge is 2.29. The molecule has 1 aromatic carbocycles. The Balaban J connectivity index is 1.86. The molecular formula is C17H17ClN2O3. The minimum Gasteiger partial charge on any atom is -0.451 e. The van der Waals surface area contributed by atoms with Crippen LogP contribution in [0.4, 0.5) is 0 Å². The fourth-order valence-corrected chi connectivity index (χ4v) is 3.08. The summed E-state index contributed by atoms with van der Waals surface area (Å²) < 4.78 is 6.87. The molecule has 1 atom stereocenters. The summed E-state index contributed by atoms with van der Waals surface area (Å²) in [5.74, 6) is -0.608. The molecule has 23 heavy (non-hydrogen) atoms. The van der Waals surface area contributed by atoms with Crippen LogP contribution in [0.5, 0.6) is 0 Å². The molecule has 0 radical (unpaired) electrons. The van der Waals surface area contributed by atoms with Gasteiger partial charge in [0, 0.05) is 6.42 Å². The number of esters is 1. The largest absolute Gasteiger partial charge is 0.451 e. The van der Waals surface area contributed by atoms with E-state index in [2.05, 4.69) is 5.10 Å². The van der Waals surface area contributed by atoms with E-state index < -0.39 is 12.1 Å². The maximum atomic E-state index is 12.4. The third-order valence-corrected chi connectivity index (χ3v) is 4.31. The van der Waals surface area contributed by atoms with E-state index in [4.69, 9.17) is 16.3 Å². The van der Waals surface area contributed by atoms with Crippen LogP contribution in [0.1, 0.15) is 41.7 Å². The van der Waals surface area contributed by atoms with Crippen molar-refractivity contribution in [2.24, 2.45) is 0 Å². The van der Waals surface area contributed by atoms with Gasteiger partial charge in [-0.25, -0.2) is 9.48 Å². The van der Waals surface area contributed by atoms with Gasteiger partial charge in [-0.15, -0.1) is 0 Å². The first-order chi connectivity index (χ1) is 11.1. The average molecular weight is 333 g/mol. The Hall–Kier alpha value is -2.14. The minimum atomic E-state index is -0.660. The molecule has 1 aromatic heterocycles. The topological polar surface area (TPSA) is 61.2 Å². The molecule has 1 saturated carbocycles. The molecule has 0 spiro atoms. The van der Waals surface area contributed by atoms with Crippen molar-refractivity contribution in [3.8, 4) is 5.69 Å². The molecule has 0 bridgehead atoms. The third kappa shape index (κ3) is 3.15. The SMILES string of the molecule is Cc1nn(-c2ccccc2)c(Cl)c1C(=O)O[C@H]1CCCCC1=O. The summed E-state index contributed by atoms with van der Waals surface area (Å²) in [5.41, 5.74) is 1.45. The van der Waals surface area contributed by atoms with Crippen LogP contribution >= 0.6 is 11.6 Å². The number of halogens is 1. The van der Waals surface area contributed by atoms with Gasteiger partial charge < -0.3 is 4.74 Å². The Kier molecular flexibility index (Phi) is 4.48. The Morgan fingerprint density at radius 2 is 2.04 bits per heavy atom. The van der Waals surface area contributed by atoms with Crippen molar-refractivity contribution in [3.63, 3.8) is 0 Å². The fraction of sp³-hybridized carbons (Fsp3) is 0.353. The van der Waals surface area contributed by atoms with E-state index in [-0.39, 0.29) is 16.5 Å². The number of ether oxygens (including phenoxy) is 1. The van der Waals surface area contributed by atoms with Crippen molar-refractivity contribution in [2.75, 3.05) is 0 Å². The lowest BCUT2D eigenvalue weighted by Crippen LogP contribution is -2.30. The van der Waals surface area contributed by atoms with E-state index in [0.29, 0.717) is 18.5 Å². The van der Waals surface area contributed by atoms with E-state index in [1.165, 1.54) is 4.68 Å². The van der Waals surface area contributed by atoms with Crippen LogP contribution in [0.2, 0.25) is 5.15 Å². The number of hydrogen-bond donors (Lipinski definition) is 0. The molecule has 0 amide bonds. The van der Waals surface area contributed by atoms with Gasteiger partial charge in [0.2, 0.25) is 0 Å². The second-order valence-corrected chi connectivity index (χ2v) is 5.96. The van der Waals surface area contributed by atoms with E-state index in [1.807, 2.05) is 30.3 Å². The van der Waals surface area contributed by atoms with Crippen LogP contribution in [0, 0.1) is 6.92 Å². The summed E-state index contributed by atoms with van der Waals surface area (Å²) in [4.78, 5) is 24.3. The Morgan fingerprint density at radius 3 is 2.74 bits per heavy atom. The summed E-state index contributed by atoms with van der Waals surface area (Å²) in [7, 11) is 0. The summed E-state index contributed by atoms with van der Waals surface area (Å²) in [5, 5.41) is 4.51. The zero-order valence-electron chi connectivity index (χ0n) is 12.8. The van der Waals surface area contributed by atoms with Gasteiger partial charge >= 0.3 is 5.97 Å². The van der Waals surface area contributed by atoms with Gasteiger partial charge in [-0.3, -0.25) is 4.79 Å². The molecule has 1 aliphatic carbocycles. The lowest BCUT2D eigenvalue weighted by Gasteiger charge is -2.20. The van der Waals surface area contributed by atoms with Gasteiger partial charge in [-0.2, -0.15) is 5.10 Å². The smallest absolute Gasteiger partial charge is 0.343 e. The van der Waals surface area contributed by atoms with Crippen LogP contribution in [0.3, 0.4) is 0 Å². The normalized spacial score (nSPS) is 18.0. The average Bonchev–Trinajstić information content (AvgIpc) is 2.85. The van der Waals surface area contributed by atoms with Gasteiger partial charge in [0.15, 0.2) is 11.9 Å². The minimum absolute atomic E-state index is 0.0196. The Bertz CT molecular complexity index is 740. The predicted octanol–water partition coefficient (Wildman–Crippen LogP) is 3.50. The molecule has 0 saturated heterocycles. The lowest BCUT2D eigenvalue weighted by molar-refractivity contribution is -0.129. The highest BCUT2D eigenvalue weighted by Crippen LogP contribution is 2.26. The fourth-order valence-electron chi connectivity index (χ4n) is 2.73. The molecule has 1 fully saturated rings. The van der Waals surface area contributed by atoms with Crippen molar-refractivity contribution < 1.29 is 14.3 Å². The van der Waals surface area contributed by atoms with Crippen LogP contribution in [0.15, 0.2) is 30.3 Å². The van der Waals surface area contributed by atoms with Gasteiger partial charge in [0.05, 0.1) is 11.4 Å². The van der Waals surface area contributed by atoms with Gasteiger partial charge in [0.25, 0.3) is 0 Å². The third-order valence-electron chi connectivity index (χ3n) is 3.96. The van der Waals surface area contributed by atoms with Crippen molar-refractivity contribution in [1.82, 2.24) is 9.78 Å². The molecule has 3 rings (SSSR count). The molecule has 120 valence electrons. The molecular weight excluding hydrogens is 316 g/mol. The van der Waals surface area contributed by atoms with Gasteiger partial charge in [0.1, 0.15) is 10.7 Å². The molecule has 0 unspecified atom stereocenters. The number of carbonyl (C=O) groups is 2. The summed E-state index contributed by atoms with van der Waals surface area (Å²) in [6, 6.07) is 9.30. The van der Waals surface area contributed by atoms with Crippen molar-refractivity contribution >= 4 is 23.4 Å². The quantitative estimate of drug-likeness (QED) is 0.807. The van der Waals surface area contributed by atoms with Crippen molar-refractivity contribution in [3.05, 3.63) is 46.7 Å². The van der Waals surface area contributed by atoms with Crippen molar-refractivity contribution in [2.45, 2.75) is 38.7 Å². The number of para-hydroxylation sites is 1. The van der Waals surface area contributed by atoms with Crippen LogP contribution in [0.25, 0.3) is 5.69 Å². The molecule has 0 N–H and O–H groups in total. The Labute approximate surface area is 139 Å². The number of rotatable bonds is 3. The number of nitrogens with zero attached hydrogens (tertiary/aromatic N) is 2. The number of hydrogen-bond acceptors (Lipinski definition) is 4. The number of aromatic nitrogens is 2. The maximum absolute atomic E-state index is 12.4. The van der Waals surface area contributed by atoms with Gasteiger partial charge in [-0.05, 0) is 38.3 Å². The summed E-state index contributed by atoms with van der Waals surface area (Å²) in [6.45, 7) is 1.70. The molecule has 2 aromatic rings. The van der Waals surface area contributed by atoms with E-state index in [1.54, 1.807) is 6.92 Å². The Morgan fingerprint density at radius 1 is 1.30 bits per heavy atom. The number of Topliss-reactive ketones (excluding diaryl/α,β-unsaturated/α-hetero) is 1. The van der Waals surface area contributed by atoms with Crippen LogP contribution in [-0.4, -0.2) is 27.6 Å². The maximum Gasteiger partial charge on any atom is 0.343 e. The zero-order chi connectivity index (χ0) is 16.4. The first-order valence-corrected chi connectivity index (χ1v) is 8.00. The van der Waals surface area contributed by atoms with Crippen molar-refractivity contribution in [1.29, 1.82) is 0 Å².